The van der Waals surface area contributed by atoms with Gasteiger partial charge < -0.3 is 9.80 Å². The molecule has 0 amide bonds. The molecule has 0 aliphatic rings. The molecule has 0 heterocycles. The number of aryl methyl sites for hydroxylation is 4. The van der Waals surface area contributed by atoms with E-state index in [1.54, 1.807) is 0 Å². The van der Waals surface area contributed by atoms with Gasteiger partial charge in [-0.2, -0.15) is 0 Å². The molecule has 0 spiro atoms. The van der Waals surface area contributed by atoms with Crippen LogP contribution in [0.5, 0.6) is 0 Å². The number of hydrogen-bond donors (Lipinski definition) is 0. The zero-order valence-corrected chi connectivity index (χ0v) is 35.7. The molecule has 0 unspecified atom stereocenters. The minimum absolute atomic E-state index is 1.13. The Morgan fingerprint density at radius 1 is 0.258 bits per heavy atom. The first-order chi connectivity index (χ1) is 30.4. The van der Waals surface area contributed by atoms with Crippen molar-refractivity contribution in [1.82, 2.24) is 0 Å². The highest BCUT2D eigenvalue weighted by molar-refractivity contribution is 5.95. The molecule has 10 aromatic rings. The van der Waals surface area contributed by atoms with E-state index in [2.05, 4.69) is 256 Å². The quantitative estimate of drug-likeness (QED) is 0.144. The fourth-order valence-corrected chi connectivity index (χ4v) is 8.91. The van der Waals surface area contributed by atoms with Gasteiger partial charge in [-0.1, -0.05) is 157 Å². The fourth-order valence-electron chi connectivity index (χ4n) is 8.91. The summed E-state index contributed by atoms with van der Waals surface area (Å²) in [5.74, 6) is 0. The monoisotopic (exact) mass is 796 g/mol. The van der Waals surface area contributed by atoms with E-state index in [0.29, 0.717) is 0 Å². The van der Waals surface area contributed by atoms with E-state index in [9.17, 15) is 0 Å². The smallest absolute Gasteiger partial charge is 0.0540 e. The average Bonchev–Trinajstić information content (AvgIpc) is 3.31. The summed E-state index contributed by atoms with van der Waals surface area (Å²) in [6.07, 6.45) is 0. The van der Waals surface area contributed by atoms with Crippen LogP contribution in [0.3, 0.4) is 0 Å². The van der Waals surface area contributed by atoms with Gasteiger partial charge in [0.15, 0.2) is 0 Å². The molecular formula is C60H48N2. The summed E-state index contributed by atoms with van der Waals surface area (Å²) in [6, 6.07) is 79.9. The molecule has 0 bridgehead atoms. The maximum absolute atomic E-state index is 2.42. The first kappa shape index (κ1) is 38.5. The third-order valence-corrected chi connectivity index (χ3v) is 12.2. The normalized spacial score (nSPS) is 11.2. The van der Waals surface area contributed by atoms with E-state index in [1.165, 1.54) is 77.2 Å². The highest BCUT2D eigenvalue weighted by atomic mass is 15.2. The molecule has 0 N–H and O–H groups in total. The third-order valence-electron chi connectivity index (χ3n) is 12.2. The van der Waals surface area contributed by atoms with Crippen molar-refractivity contribution in [2.75, 3.05) is 9.80 Å². The lowest BCUT2D eigenvalue weighted by Gasteiger charge is -2.30. The summed E-state index contributed by atoms with van der Waals surface area (Å²) >= 11 is 0. The number of hydrogen-bond acceptors (Lipinski definition) is 2. The molecule has 2 nitrogen and oxygen atoms in total. The first-order valence-corrected chi connectivity index (χ1v) is 21.5. The Balaban J connectivity index is 1.05. The van der Waals surface area contributed by atoms with Crippen LogP contribution < -0.4 is 9.80 Å². The van der Waals surface area contributed by atoms with E-state index >= 15 is 0 Å². The Morgan fingerprint density at radius 2 is 0.613 bits per heavy atom. The van der Waals surface area contributed by atoms with E-state index in [1.807, 2.05) is 0 Å². The van der Waals surface area contributed by atoms with E-state index < -0.39 is 0 Å². The van der Waals surface area contributed by atoms with Gasteiger partial charge in [-0.05, 0) is 155 Å². The summed E-state index contributed by atoms with van der Waals surface area (Å²) < 4.78 is 0. The van der Waals surface area contributed by atoms with E-state index in [4.69, 9.17) is 0 Å². The molecule has 298 valence electrons. The number of fused-ring (bicyclic) bond motifs is 2. The van der Waals surface area contributed by atoms with Crippen molar-refractivity contribution in [3.8, 4) is 33.4 Å². The van der Waals surface area contributed by atoms with Gasteiger partial charge in [-0.25, -0.2) is 0 Å². The Morgan fingerprint density at radius 3 is 1.02 bits per heavy atom. The maximum atomic E-state index is 2.42. The van der Waals surface area contributed by atoms with E-state index in [-0.39, 0.29) is 0 Å². The van der Waals surface area contributed by atoms with Gasteiger partial charge in [0.25, 0.3) is 0 Å². The van der Waals surface area contributed by atoms with Crippen LogP contribution >= 0.6 is 0 Å². The summed E-state index contributed by atoms with van der Waals surface area (Å²) in [7, 11) is 0. The van der Waals surface area contributed by atoms with Crippen LogP contribution in [0.1, 0.15) is 22.3 Å². The molecule has 2 heteroatoms. The van der Waals surface area contributed by atoms with Gasteiger partial charge in [0, 0.05) is 33.9 Å². The van der Waals surface area contributed by atoms with Crippen LogP contribution in [0.4, 0.5) is 34.1 Å². The number of para-hydroxylation sites is 2. The molecule has 62 heavy (non-hydrogen) atoms. The summed E-state index contributed by atoms with van der Waals surface area (Å²) in [5, 5.41) is 4.96. The molecule has 10 rings (SSSR count). The Kier molecular flexibility index (Phi) is 10.2. The van der Waals surface area contributed by atoms with Crippen LogP contribution in [0, 0.1) is 27.7 Å². The van der Waals surface area contributed by atoms with Gasteiger partial charge in [-0.15, -0.1) is 0 Å². The molecule has 0 aliphatic carbocycles. The number of anilines is 6. The molecule has 0 fully saturated rings. The van der Waals surface area contributed by atoms with Gasteiger partial charge in [0.1, 0.15) is 0 Å². The summed E-state index contributed by atoms with van der Waals surface area (Å²) in [5.41, 5.74) is 18.8. The second-order valence-electron chi connectivity index (χ2n) is 16.5. The van der Waals surface area contributed by atoms with Crippen molar-refractivity contribution in [1.29, 1.82) is 0 Å². The zero-order valence-electron chi connectivity index (χ0n) is 35.7. The molecular weight excluding hydrogens is 749 g/mol. The summed E-state index contributed by atoms with van der Waals surface area (Å²) in [6.45, 7) is 8.77. The highest BCUT2D eigenvalue weighted by Crippen LogP contribution is 2.46. The lowest BCUT2D eigenvalue weighted by molar-refractivity contribution is 1.24. The SMILES string of the molecule is Cc1ccc(N(c2ccc(-c3ccc(N(c4ccc(C)cc4)c4ccccc4-c4ccc5ccccc5c4)c(C)c3)cc2C)c2ccccc2-c2ccc3ccccc3c2)cc1. The van der Waals surface area contributed by atoms with Crippen LogP contribution in [0.15, 0.2) is 218 Å². The van der Waals surface area contributed by atoms with Crippen molar-refractivity contribution in [2.24, 2.45) is 0 Å². The van der Waals surface area contributed by atoms with Crippen LogP contribution in [0.25, 0.3) is 54.9 Å². The molecule has 0 aliphatic heterocycles. The minimum Gasteiger partial charge on any atom is -0.310 e. The topological polar surface area (TPSA) is 6.48 Å². The third kappa shape index (κ3) is 7.42. The lowest BCUT2D eigenvalue weighted by atomic mass is 9.96. The van der Waals surface area contributed by atoms with Gasteiger partial charge in [-0.3, -0.25) is 0 Å². The average molecular weight is 797 g/mol. The second kappa shape index (κ2) is 16.4. The molecule has 0 aromatic heterocycles. The molecule has 0 saturated heterocycles. The number of nitrogens with zero attached hydrogens (tertiary/aromatic N) is 2. The highest BCUT2D eigenvalue weighted by Gasteiger charge is 2.22. The Labute approximate surface area is 365 Å². The Bertz CT molecular complexity index is 3010. The molecule has 0 saturated carbocycles. The number of benzene rings is 10. The van der Waals surface area contributed by atoms with Crippen LogP contribution in [0.2, 0.25) is 0 Å². The van der Waals surface area contributed by atoms with Crippen molar-refractivity contribution >= 4 is 55.7 Å². The van der Waals surface area contributed by atoms with Gasteiger partial charge in [0.05, 0.1) is 11.4 Å². The molecule has 0 radical (unpaired) electrons. The van der Waals surface area contributed by atoms with Crippen LogP contribution in [-0.2, 0) is 0 Å². The van der Waals surface area contributed by atoms with Crippen molar-refractivity contribution in [2.45, 2.75) is 27.7 Å². The largest absolute Gasteiger partial charge is 0.310 e. The van der Waals surface area contributed by atoms with Crippen molar-refractivity contribution < 1.29 is 0 Å². The van der Waals surface area contributed by atoms with Crippen molar-refractivity contribution in [3.63, 3.8) is 0 Å². The predicted octanol–water partition coefficient (Wildman–Crippen LogP) is 17.2. The maximum Gasteiger partial charge on any atom is 0.0540 e. The lowest BCUT2D eigenvalue weighted by Crippen LogP contribution is -2.13. The predicted molar refractivity (Wildman–Crippen MR) is 266 cm³/mol. The fraction of sp³-hybridized carbons (Fsp3) is 0.0667. The van der Waals surface area contributed by atoms with Crippen molar-refractivity contribution in [3.05, 3.63) is 241 Å². The van der Waals surface area contributed by atoms with Crippen LogP contribution in [-0.4, -0.2) is 0 Å². The number of rotatable bonds is 9. The summed E-state index contributed by atoms with van der Waals surface area (Å²) in [4.78, 5) is 4.84. The van der Waals surface area contributed by atoms with E-state index in [0.717, 1.165) is 34.1 Å². The van der Waals surface area contributed by atoms with Gasteiger partial charge in [0.2, 0.25) is 0 Å². The first-order valence-electron chi connectivity index (χ1n) is 21.5. The molecule has 10 aromatic carbocycles. The second-order valence-corrected chi connectivity index (χ2v) is 16.5. The van der Waals surface area contributed by atoms with Gasteiger partial charge >= 0.3 is 0 Å². The zero-order chi connectivity index (χ0) is 42.2. The Hall–Kier alpha value is -7.68. The molecule has 0 atom stereocenters. The minimum atomic E-state index is 1.13. The standard InChI is InChI=1S/C60H48N2/c1-41-21-31-53(32-22-41)61(59-19-11-9-17-55(59)51-27-25-45-13-5-7-15-47(45)39-51)57-35-29-49(37-43(57)3)50-30-36-58(44(4)38-50)62(54-33-23-42(2)24-34-54)60-20-12-10-18-56(60)52-28-26-46-14-6-8-16-48(46)40-52/h5-40H,1-4H3.